The molecule has 2 aromatic heterocycles. The van der Waals surface area contributed by atoms with Crippen LogP contribution in [0.3, 0.4) is 0 Å². The Morgan fingerprint density at radius 1 is 1.56 bits per heavy atom. The summed E-state index contributed by atoms with van der Waals surface area (Å²) in [5.41, 5.74) is 8.05. The van der Waals surface area contributed by atoms with Crippen LogP contribution in [-0.4, -0.2) is 27.7 Å². The number of rotatable bonds is 1. The first-order chi connectivity index (χ1) is 7.77. The molecular weight excluding hydrogens is 317 g/mol. The van der Waals surface area contributed by atoms with Crippen LogP contribution in [0.2, 0.25) is 0 Å². The third kappa shape index (κ3) is 1.47. The Hall–Kier alpha value is -0.890. The van der Waals surface area contributed by atoms with Crippen molar-refractivity contribution in [3.05, 3.63) is 21.7 Å². The Bertz CT molecular complexity index is 529. The number of hydrogen-bond acceptors (Lipinski definition) is 4. The Kier molecular flexibility index (Phi) is 2.47. The molecule has 3 N–H and O–H groups in total. The normalized spacial score (nSPS) is 20.7. The van der Waals surface area contributed by atoms with Crippen molar-refractivity contribution in [2.45, 2.75) is 12.3 Å². The number of hydrogen-bond donors (Lipinski definition) is 2. The van der Waals surface area contributed by atoms with Gasteiger partial charge in [-0.2, -0.15) is 5.10 Å². The van der Waals surface area contributed by atoms with E-state index in [2.05, 4.69) is 44.1 Å². The van der Waals surface area contributed by atoms with Crippen molar-refractivity contribution in [2.24, 2.45) is 0 Å². The molecule has 1 aliphatic rings. The quantitative estimate of drug-likeness (QED) is 0.766. The standard InChI is InChI=1S/C10H12IN5/c11-7-3-8(6-1-2-13-4-6)16-9(7)10(12)14-5-15-16/h3,5-6,13H,1-2,4H2,(H2,12,14,15). The summed E-state index contributed by atoms with van der Waals surface area (Å²) in [7, 11) is 0. The topological polar surface area (TPSA) is 68.2 Å². The van der Waals surface area contributed by atoms with E-state index in [9.17, 15) is 0 Å². The van der Waals surface area contributed by atoms with Gasteiger partial charge in [0.15, 0.2) is 5.82 Å². The van der Waals surface area contributed by atoms with Crippen molar-refractivity contribution in [1.29, 1.82) is 0 Å². The summed E-state index contributed by atoms with van der Waals surface area (Å²) in [6.07, 6.45) is 2.68. The fourth-order valence-corrected chi connectivity index (χ4v) is 3.07. The van der Waals surface area contributed by atoms with Gasteiger partial charge in [0.05, 0.1) is 0 Å². The summed E-state index contributed by atoms with van der Waals surface area (Å²) < 4.78 is 3.06. The zero-order chi connectivity index (χ0) is 11.1. The van der Waals surface area contributed by atoms with Crippen LogP contribution >= 0.6 is 22.6 Å². The van der Waals surface area contributed by atoms with Crippen molar-refractivity contribution >= 4 is 33.9 Å². The molecule has 0 spiro atoms. The minimum absolute atomic E-state index is 0.533. The van der Waals surface area contributed by atoms with Crippen molar-refractivity contribution in [1.82, 2.24) is 19.9 Å². The second-order valence-corrected chi connectivity index (χ2v) is 5.17. The molecule has 0 bridgehead atoms. The number of halogens is 1. The van der Waals surface area contributed by atoms with Crippen LogP contribution < -0.4 is 11.1 Å². The van der Waals surface area contributed by atoms with Gasteiger partial charge in [-0.15, -0.1) is 0 Å². The highest BCUT2D eigenvalue weighted by Crippen LogP contribution is 2.29. The van der Waals surface area contributed by atoms with Crippen LogP contribution in [0, 0.1) is 3.57 Å². The molecule has 0 radical (unpaired) electrons. The fraction of sp³-hybridized carbons (Fsp3) is 0.400. The van der Waals surface area contributed by atoms with Crippen LogP contribution in [0.25, 0.3) is 5.52 Å². The average Bonchev–Trinajstić information content (AvgIpc) is 2.86. The van der Waals surface area contributed by atoms with Crippen molar-refractivity contribution in [3.63, 3.8) is 0 Å². The maximum Gasteiger partial charge on any atom is 0.152 e. The zero-order valence-corrected chi connectivity index (χ0v) is 10.8. The average molecular weight is 329 g/mol. The first-order valence-electron chi connectivity index (χ1n) is 5.25. The summed E-state index contributed by atoms with van der Waals surface area (Å²) in [6, 6.07) is 2.17. The van der Waals surface area contributed by atoms with E-state index in [0.29, 0.717) is 11.7 Å². The Balaban J connectivity index is 2.22. The predicted octanol–water partition coefficient (Wildman–Crippen LogP) is 0.993. The van der Waals surface area contributed by atoms with Crippen molar-refractivity contribution < 1.29 is 0 Å². The number of anilines is 1. The molecule has 0 amide bonds. The van der Waals surface area contributed by atoms with Crippen LogP contribution in [0.1, 0.15) is 18.0 Å². The van der Waals surface area contributed by atoms with E-state index in [1.54, 1.807) is 0 Å². The van der Waals surface area contributed by atoms with Crippen LogP contribution in [-0.2, 0) is 0 Å². The van der Waals surface area contributed by atoms with E-state index >= 15 is 0 Å². The maximum absolute atomic E-state index is 5.88. The Morgan fingerprint density at radius 3 is 3.19 bits per heavy atom. The molecule has 3 heterocycles. The second kappa shape index (κ2) is 3.85. The number of nitrogens with two attached hydrogens (primary N) is 1. The summed E-state index contributed by atoms with van der Waals surface area (Å²) >= 11 is 2.29. The van der Waals surface area contributed by atoms with E-state index in [0.717, 1.165) is 28.6 Å². The lowest BCUT2D eigenvalue weighted by molar-refractivity contribution is 0.695. The van der Waals surface area contributed by atoms with Gasteiger partial charge in [-0.25, -0.2) is 9.50 Å². The minimum atomic E-state index is 0.533. The number of nitrogen functional groups attached to an aromatic ring is 1. The minimum Gasteiger partial charge on any atom is -0.382 e. The maximum atomic E-state index is 5.88. The SMILES string of the molecule is Nc1ncnn2c(C3CCNC3)cc(I)c12. The van der Waals surface area contributed by atoms with E-state index in [1.807, 2.05) is 4.52 Å². The van der Waals surface area contributed by atoms with Crippen LogP contribution in [0.15, 0.2) is 12.4 Å². The lowest BCUT2D eigenvalue weighted by atomic mass is 10.1. The van der Waals surface area contributed by atoms with Crippen LogP contribution in [0.5, 0.6) is 0 Å². The number of nitrogens with zero attached hydrogens (tertiary/aromatic N) is 3. The lowest BCUT2D eigenvalue weighted by Crippen LogP contribution is -2.10. The van der Waals surface area contributed by atoms with Gasteiger partial charge in [0, 0.05) is 21.7 Å². The van der Waals surface area contributed by atoms with E-state index in [1.165, 1.54) is 12.0 Å². The van der Waals surface area contributed by atoms with Gasteiger partial charge in [-0.3, -0.25) is 0 Å². The van der Waals surface area contributed by atoms with Gasteiger partial charge in [-0.1, -0.05) is 0 Å². The fourth-order valence-electron chi connectivity index (χ4n) is 2.24. The highest BCUT2D eigenvalue weighted by molar-refractivity contribution is 14.1. The third-order valence-corrected chi connectivity index (χ3v) is 3.86. The summed E-state index contributed by atoms with van der Waals surface area (Å²) in [6.45, 7) is 2.10. The van der Waals surface area contributed by atoms with Crippen molar-refractivity contribution in [2.75, 3.05) is 18.8 Å². The van der Waals surface area contributed by atoms with Crippen molar-refractivity contribution in [3.8, 4) is 0 Å². The van der Waals surface area contributed by atoms with Crippen LogP contribution in [0.4, 0.5) is 5.82 Å². The van der Waals surface area contributed by atoms with Gasteiger partial charge in [0.1, 0.15) is 11.8 Å². The first-order valence-corrected chi connectivity index (χ1v) is 6.33. The molecule has 3 rings (SSSR count). The highest BCUT2D eigenvalue weighted by Gasteiger charge is 2.22. The highest BCUT2D eigenvalue weighted by atomic mass is 127. The number of nitrogens with one attached hydrogen (secondary N) is 1. The largest absolute Gasteiger partial charge is 0.382 e. The van der Waals surface area contributed by atoms with Gasteiger partial charge in [-0.05, 0) is 41.6 Å². The monoisotopic (exact) mass is 329 g/mol. The molecule has 0 saturated carbocycles. The molecule has 1 aliphatic heterocycles. The summed E-state index contributed by atoms with van der Waals surface area (Å²) in [5, 5.41) is 7.67. The Morgan fingerprint density at radius 2 is 2.44 bits per heavy atom. The zero-order valence-electron chi connectivity index (χ0n) is 8.65. The second-order valence-electron chi connectivity index (χ2n) is 4.01. The van der Waals surface area contributed by atoms with E-state index < -0.39 is 0 Å². The number of fused-ring (bicyclic) bond motifs is 1. The van der Waals surface area contributed by atoms with Gasteiger partial charge in [0.2, 0.25) is 0 Å². The smallest absolute Gasteiger partial charge is 0.152 e. The lowest BCUT2D eigenvalue weighted by Gasteiger charge is -2.07. The van der Waals surface area contributed by atoms with E-state index in [-0.39, 0.29) is 0 Å². The third-order valence-electron chi connectivity index (χ3n) is 3.04. The summed E-state index contributed by atoms with van der Waals surface area (Å²) in [5.74, 6) is 1.09. The molecule has 1 atom stereocenters. The molecule has 1 fully saturated rings. The molecule has 0 aliphatic carbocycles. The number of aromatic nitrogens is 3. The van der Waals surface area contributed by atoms with Gasteiger partial charge >= 0.3 is 0 Å². The molecule has 0 aromatic carbocycles. The molecule has 16 heavy (non-hydrogen) atoms. The molecule has 1 unspecified atom stereocenters. The summed E-state index contributed by atoms with van der Waals surface area (Å²) in [4.78, 5) is 4.03. The molecule has 1 saturated heterocycles. The molecular formula is C10H12IN5. The van der Waals surface area contributed by atoms with Gasteiger partial charge < -0.3 is 11.1 Å². The van der Waals surface area contributed by atoms with E-state index in [4.69, 9.17) is 5.73 Å². The molecule has 2 aromatic rings. The molecule has 84 valence electrons. The predicted molar refractivity (Wildman–Crippen MR) is 70.3 cm³/mol. The molecule has 5 nitrogen and oxygen atoms in total. The van der Waals surface area contributed by atoms with Gasteiger partial charge in [0.25, 0.3) is 0 Å². The first kappa shape index (κ1) is 10.3. The Labute approximate surface area is 107 Å². The molecule has 6 heteroatoms.